The van der Waals surface area contributed by atoms with Crippen LogP contribution in [0.2, 0.25) is 0 Å². The number of carbonyl (C=O) groups is 1. The molecule has 5 nitrogen and oxygen atoms in total. The second-order valence-electron chi connectivity index (χ2n) is 2.42. The highest BCUT2D eigenvalue weighted by atomic mass is 16.5. The summed E-state index contributed by atoms with van der Waals surface area (Å²) < 4.78 is 4.61. The van der Waals surface area contributed by atoms with Crippen molar-refractivity contribution in [2.24, 2.45) is 5.18 Å². The van der Waals surface area contributed by atoms with Gasteiger partial charge < -0.3 is 4.74 Å². The van der Waals surface area contributed by atoms with E-state index in [1.165, 1.54) is 0 Å². The summed E-state index contributed by atoms with van der Waals surface area (Å²) in [6.45, 7) is 1.90. The molecule has 0 aliphatic rings. The first-order valence-electron chi connectivity index (χ1n) is 4.12. The van der Waals surface area contributed by atoms with E-state index in [2.05, 4.69) is 9.91 Å². The van der Waals surface area contributed by atoms with E-state index in [1.807, 2.05) is 6.07 Å². The molecule has 0 heterocycles. The first kappa shape index (κ1) is 11.6. The van der Waals surface area contributed by atoms with Crippen LogP contribution in [-0.2, 0) is 9.53 Å². The van der Waals surface area contributed by atoms with Crippen molar-refractivity contribution in [3.05, 3.63) is 4.91 Å². The number of hydrogen-bond donors (Lipinski definition) is 0. The monoisotopic (exact) mass is 184 g/mol. The molecule has 0 amide bonds. The lowest BCUT2D eigenvalue weighted by atomic mass is 10.1. The molecule has 1 unspecified atom stereocenters. The van der Waals surface area contributed by atoms with E-state index in [9.17, 15) is 9.70 Å². The van der Waals surface area contributed by atoms with E-state index in [0.717, 1.165) is 0 Å². The predicted octanol–water partition coefficient (Wildman–Crippen LogP) is 1.38. The van der Waals surface area contributed by atoms with Gasteiger partial charge in [0.25, 0.3) is 0 Å². The van der Waals surface area contributed by atoms with Crippen molar-refractivity contribution in [1.82, 2.24) is 0 Å². The average Bonchev–Trinajstić information content (AvgIpc) is 2.13. The molecule has 0 aromatic rings. The van der Waals surface area contributed by atoms with Crippen molar-refractivity contribution >= 4 is 5.97 Å². The average molecular weight is 184 g/mol. The van der Waals surface area contributed by atoms with Gasteiger partial charge in [0.1, 0.15) is 0 Å². The quantitative estimate of drug-likeness (QED) is 0.355. The second kappa shape index (κ2) is 7.22. The third-order valence-corrected chi connectivity index (χ3v) is 1.45. The minimum atomic E-state index is -0.951. The molecule has 0 aliphatic heterocycles. The Bertz CT molecular complexity index is 210. The van der Waals surface area contributed by atoms with Crippen molar-refractivity contribution in [1.29, 1.82) is 5.26 Å². The number of rotatable bonds is 6. The highest BCUT2D eigenvalue weighted by Crippen LogP contribution is 2.06. The van der Waals surface area contributed by atoms with Crippen LogP contribution >= 0.6 is 0 Å². The molecule has 0 N–H and O–H groups in total. The minimum Gasteiger partial charge on any atom is -0.464 e. The Morgan fingerprint density at radius 3 is 2.85 bits per heavy atom. The molecule has 0 saturated carbocycles. The fraction of sp³-hybridized carbons (Fsp3) is 0.750. The number of nitroso groups, excluding NO2 is 1. The van der Waals surface area contributed by atoms with Crippen LogP contribution in [0.1, 0.15) is 26.2 Å². The fourth-order valence-corrected chi connectivity index (χ4v) is 0.827. The number of nitrogens with zero attached hydrogens (tertiary/aromatic N) is 2. The number of nitriles is 1. The molecule has 5 heteroatoms. The Labute approximate surface area is 76.7 Å². The van der Waals surface area contributed by atoms with E-state index < -0.39 is 12.0 Å². The van der Waals surface area contributed by atoms with Gasteiger partial charge in [-0.15, -0.1) is 4.91 Å². The Morgan fingerprint density at radius 2 is 2.38 bits per heavy atom. The van der Waals surface area contributed by atoms with Gasteiger partial charge in [-0.3, -0.25) is 0 Å². The smallest absolute Gasteiger partial charge is 0.334 e. The van der Waals surface area contributed by atoms with E-state index in [-0.39, 0.29) is 13.0 Å². The van der Waals surface area contributed by atoms with Crippen LogP contribution in [0.25, 0.3) is 0 Å². The maximum atomic E-state index is 11.0. The highest BCUT2D eigenvalue weighted by Gasteiger charge is 2.19. The molecule has 0 fully saturated rings. The molecule has 72 valence electrons. The number of carbonyl (C=O) groups excluding carboxylic acids is 1. The zero-order valence-corrected chi connectivity index (χ0v) is 7.52. The fourth-order valence-electron chi connectivity index (χ4n) is 0.827. The Hall–Kier alpha value is -1.44. The third kappa shape index (κ3) is 4.90. The second-order valence-corrected chi connectivity index (χ2v) is 2.42. The maximum Gasteiger partial charge on any atom is 0.334 e. The van der Waals surface area contributed by atoms with Gasteiger partial charge in [0.2, 0.25) is 0 Å². The number of hydrogen-bond acceptors (Lipinski definition) is 5. The lowest BCUT2D eigenvalue weighted by Crippen LogP contribution is -2.20. The molecule has 1 atom stereocenters. The lowest BCUT2D eigenvalue weighted by Gasteiger charge is -2.05. The molecule has 0 aromatic heterocycles. The lowest BCUT2D eigenvalue weighted by molar-refractivity contribution is -0.144. The molecule has 0 saturated heterocycles. The van der Waals surface area contributed by atoms with Gasteiger partial charge >= 0.3 is 5.97 Å². The zero-order valence-electron chi connectivity index (χ0n) is 7.52. The van der Waals surface area contributed by atoms with E-state index >= 15 is 0 Å². The SMILES string of the molecule is CCOC(=O)C(CCCC#N)N=O. The van der Waals surface area contributed by atoms with Gasteiger partial charge in [-0.1, -0.05) is 5.18 Å². The minimum absolute atomic E-state index is 0.239. The van der Waals surface area contributed by atoms with Crippen LogP contribution in [-0.4, -0.2) is 18.6 Å². The van der Waals surface area contributed by atoms with Crippen LogP contribution in [0, 0.1) is 16.2 Å². The Balaban J connectivity index is 3.82. The topological polar surface area (TPSA) is 79.5 Å². The van der Waals surface area contributed by atoms with Gasteiger partial charge in [0.05, 0.1) is 12.7 Å². The zero-order chi connectivity index (χ0) is 10.1. The van der Waals surface area contributed by atoms with Crippen molar-refractivity contribution in [2.45, 2.75) is 32.2 Å². The summed E-state index contributed by atoms with van der Waals surface area (Å²) in [6.07, 6.45) is 1.10. The van der Waals surface area contributed by atoms with Gasteiger partial charge in [0, 0.05) is 6.42 Å². The number of ether oxygens (including phenoxy) is 1. The molecule has 0 aromatic carbocycles. The molecule has 0 radical (unpaired) electrons. The standard InChI is InChI=1S/C8H12N2O3/c1-2-13-8(11)7(10-12)5-3-4-6-9/h7H,2-5H2,1H3. The number of esters is 1. The van der Waals surface area contributed by atoms with Crippen molar-refractivity contribution < 1.29 is 9.53 Å². The van der Waals surface area contributed by atoms with E-state index in [1.54, 1.807) is 6.92 Å². The molecular formula is C8H12N2O3. The number of unbranched alkanes of at least 4 members (excludes halogenated alkanes) is 1. The van der Waals surface area contributed by atoms with Crippen LogP contribution in [0.3, 0.4) is 0 Å². The summed E-state index contributed by atoms with van der Waals surface area (Å²) in [5.74, 6) is -0.601. The normalized spacial score (nSPS) is 11.4. The van der Waals surface area contributed by atoms with Crippen LogP contribution in [0.4, 0.5) is 0 Å². The summed E-state index contributed by atoms with van der Waals surface area (Å²) in [6, 6.07) is 0.972. The molecule has 0 rings (SSSR count). The van der Waals surface area contributed by atoms with Crippen LogP contribution in [0.5, 0.6) is 0 Å². The molecule has 13 heavy (non-hydrogen) atoms. The summed E-state index contributed by atoms with van der Waals surface area (Å²) in [7, 11) is 0. The predicted molar refractivity (Wildman–Crippen MR) is 45.7 cm³/mol. The molecule has 0 spiro atoms. The van der Waals surface area contributed by atoms with Crippen molar-refractivity contribution in [2.75, 3.05) is 6.61 Å². The van der Waals surface area contributed by atoms with Crippen molar-refractivity contribution in [3.8, 4) is 6.07 Å². The van der Waals surface area contributed by atoms with Gasteiger partial charge in [-0.2, -0.15) is 5.26 Å². The highest BCUT2D eigenvalue weighted by molar-refractivity contribution is 5.75. The Kier molecular flexibility index (Phi) is 6.42. The van der Waals surface area contributed by atoms with Gasteiger partial charge in [-0.05, 0) is 19.8 Å². The summed E-state index contributed by atoms with van der Waals surface area (Å²) in [4.78, 5) is 21.2. The summed E-state index contributed by atoms with van der Waals surface area (Å²) >= 11 is 0. The van der Waals surface area contributed by atoms with Crippen LogP contribution < -0.4 is 0 Å². The van der Waals surface area contributed by atoms with Crippen LogP contribution in [0.15, 0.2) is 5.18 Å². The Morgan fingerprint density at radius 1 is 1.69 bits per heavy atom. The van der Waals surface area contributed by atoms with Gasteiger partial charge in [0.15, 0.2) is 6.04 Å². The first-order valence-corrected chi connectivity index (χ1v) is 4.12. The summed E-state index contributed by atoms with van der Waals surface area (Å²) in [5.41, 5.74) is 0. The van der Waals surface area contributed by atoms with Crippen molar-refractivity contribution in [3.63, 3.8) is 0 Å². The van der Waals surface area contributed by atoms with E-state index in [4.69, 9.17) is 5.26 Å². The third-order valence-electron chi connectivity index (χ3n) is 1.45. The van der Waals surface area contributed by atoms with E-state index in [0.29, 0.717) is 12.8 Å². The maximum absolute atomic E-state index is 11.0. The molecule has 0 bridgehead atoms. The molecular weight excluding hydrogens is 172 g/mol. The van der Waals surface area contributed by atoms with Gasteiger partial charge in [-0.25, -0.2) is 4.79 Å². The first-order chi connectivity index (χ1) is 6.26. The largest absolute Gasteiger partial charge is 0.464 e. The summed E-state index contributed by atoms with van der Waals surface area (Å²) in [5, 5.41) is 10.9. The molecule has 0 aliphatic carbocycles.